The first kappa shape index (κ1) is 9.91. The van der Waals surface area contributed by atoms with Crippen molar-refractivity contribution in [1.29, 1.82) is 0 Å². The smallest absolute Gasteiger partial charge is 0.316 e. The molecule has 5 heteroatoms. The zero-order chi connectivity index (χ0) is 10.7. The first-order valence-electron chi connectivity index (χ1n) is 3.64. The van der Waals surface area contributed by atoms with E-state index in [0.29, 0.717) is 0 Å². The van der Waals surface area contributed by atoms with Crippen LogP contribution in [0, 0.1) is 4.91 Å². The number of aliphatic hydroxyl groups is 1. The molecule has 72 valence electrons. The van der Waals surface area contributed by atoms with Crippen LogP contribution in [-0.2, 0) is 0 Å². The molecule has 0 aromatic heterocycles. The molecule has 0 aliphatic heterocycles. The first-order chi connectivity index (χ1) is 6.54. The number of hydrogen-bond acceptors (Lipinski definition) is 4. The minimum Gasteiger partial charge on any atom is -0.508 e. The van der Waals surface area contributed by atoms with E-state index in [-0.39, 0.29) is 22.6 Å². The largest absolute Gasteiger partial charge is 0.508 e. The summed E-state index contributed by atoms with van der Waals surface area (Å²) in [6.07, 6.45) is 0. The van der Waals surface area contributed by atoms with Crippen LogP contribution in [0.4, 0.5) is 0 Å². The lowest BCUT2D eigenvalue weighted by Gasteiger charge is -2.01. The van der Waals surface area contributed by atoms with Crippen molar-refractivity contribution < 1.29 is 15.0 Å². The van der Waals surface area contributed by atoms with Crippen LogP contribution in [-0.4, -0.2) is 16.1 Å². The van der Waals surface area contributed by atoms with E-state index in [9.17, 15) is 9.70 Å². The number of carbonyl (C=O) groups is 1. The predicted octanol–water partition coefficient (Wildman–Crippen LogP) is 1.83. The number of aromatic hydroxyl groups is 1. The van der Waals surface area contributed by atoms with Gasteiger partial charge in [-0.3, -0.25) is 4.79 Å². The highest BCUT2D eigenvalue weighted by Gasteiger charge is 2.09. The maximum atomic E-state index is 10.8. The van der Waals surface area contributed by atoms with E-state index in [4.69, 9.17) is 10.2 Å². The number of hydrogen-bond donors (Lipinski definition) is 2. The van der Waals surface area contributed by atoms with Crippen LogP contribution in [0.25, 0.3) is 5.76 Å². The number of benzene rings is 1. The zero-order valence-electron chi connectivity index (χ0n) is 7.10. The minimum absolute atomic E-state index is 0.0924. The van der Waals surface area contributed by atoms with Gasteiger partial charge in [0.2, 0.25) is 0 Å². The molecular weight excluding hydrogens is 186 g/mol. The summed E-state index contributed by atoms with van der Waals surface area (Å²) in [5, 5.41) is 20.3. The Morgan fingerprint density at radius 1 is 1.29 bits per heavy atom. The SMILES string of the molecule is C=C(O)c1cc(O)cc(C(=O)N=O)c1. The van der Waals surface area contributed by atoms with E-state index < -0.39 is 5.91 Å². The van der Waals surface area contributed by atoms with Gasteiger partial charge < -0.3 is 10.2 Å². The molecule has 1 aromatic rings. The van der Waals surface area contributed by atoms with Crippen LogP contribution in [0.2, 0.25) is 0 Å². The number of aliphatic hydroxyl groups excluding tert-OH is 1. The Labute approximate surface area is 79.3 Å². The van der Waals surface area contributed by atoms with Gasteiger partial charge in [0.25, 0.3) is 0 Å². The molecule has 0 spiro atoms. The lowest BCUT2D eigenvalue weighted by molar-refractivity contribution is 0.100. The van der Waals surface area contributed by atoms with Gasteiger partial charge in [-0.05, 0) is 18.2 Å². The Hall–Kier alpha value is -2.17. The Morgan fingerprint density at radius 3 is 2.36 bits per heavy atom. The molecule has 0 bridgehead atoms. The molecule has 0 heterocycles. The number of carbonyl (C=O) groups excluding carboxylic acids is 1. The van der Waals surface area contributed by atoms with Gasteiger partial charge in [0, 0.05) is 16.3 Å². The Kier molecular flexibility index (Phi) is 2.62. The average molecular weight is 193 g/mol. The molecule has 1 aromatic carbocycles. The fraction of sp³-hybridized carbons (Fsp3) is 0. The fourth-order valence-corrected chi connectivity index (χ4v) is 0.954. The van der Waals surface area contributed by atoms with E-state index >= 15 is 0 Å². The molecule has 2 N–H and O–H groups in total. The first-order valence-corrected chi connectivity index (χ1v) is 3.64. The van der Waals surface area contributed by atoms with Crippen LogP contribution in [0.5, 0.6) is 5.75 Å². The van der Waals surface area contributed by atoms with Gasteiger partial charge in [-0.15, -0.1) is 4.91 Å². The third-order valence-corrected chi connectivity index (χ3v) is 1.58. The van der Waals surface area contributed by atoms with Gasteiger partial charge in [0.1, 0.15) is 11.5 Å². The average Bonchev–Trinajstić information content (AvgIpc) is 2.15. The molecule has 0 unspecified atom stereocenters. The Balaban J connectivity index is 3.26. The van der Waals surface area contributed by atoms with E-state index in [0.717, 1.165) is 6.07 Å². The van der Waals surface area contributed by atoms with Crippen molar-refractivity contribution in [3.05, 3.63) is 40.8 Å². The molecule has 0 saturated heterocycles. The number of nitrogens with zero attached hydrogens (tertiary/aromatic N) is 1. The molecule has 1 rings (SSSR count). The lowest BCUT2D eigenvalue weighted by Crippen LogP contribution is -1.94. The molecule has 5 nitrogen and oxygen atoms in total. The van der Waals surface area contributed by atoms with Crippen molar-refractivity contribution in [2.24, 2.45) is 5.18 Å². The molecule has 0 aliphatic rings. The molecule has 0 aliphatic carbocycles. The van der Waals surface area contributed by atoms with Crippen LogP contribution in [0.15, 0.2) is 30.0 Å². The lowest BCUT2D eigenvalue weighted by atomic mass is 10.1. The predicted molar refractivity (Wildman–Crippen MR) is 49.9 cm³/mol. The van der Waals surface area contributed by atoms with Crippen molar-refractivity contribution in [2.45, 2.75) is 0 Å². The second-order valence-electron chi connectivity index (χ2n) is 2.61. The summed E-state index contributed by atoms with van der Waals surface area (Å²) in [6.45, 7) is 3.22. The molecule has 1 amide bonds. The van der Waals surface area contributed by atoms with E-state index in [1.165, 1.54) is 12.1 Å². The van der Waals surface area contributed by atoms with E-state index in [2.05, 4.69) is 11.8 Å². The number of phenolic OH excluding ortho intramolecular Hbond substituents is 1. The highest BCUT2D eigenvalue weighted by Crippen LogP contribution is 2.20. The van der Waals surface area contributed by atoms with Crippen LogP contribution >= 0.6 is 0 Å². The second-order valence-corrected chi connectivity index (χ2v) is 2.61. The van der Waals surface area contributed by atoms with Crippen molar-refractivity contribution >= 4 is 11.7 Å². The number of amides is 1. The van der Waals surface area contributed by atoms with E-state index in [1.54, 1.807) is 0 Å². The number of nitroso groups, excluding NO2 is 1. The summed E-state index contributed by atoms with van der Waals surface area (Å²) < 4.78 is 0. The molecule has 0 saturated carbocycles. The van der Waals surface area contributed by atoms with Crippen molar-refractivity contribution in [1.82, 2.24) is 0 Å². The quantitative estimate of drug-likeness (QED) is 0.554. The third kappa shape index (κ3) is 1.95. The molecule has 14 heavy (non-hydrogen) atoms. The number of rotatable bonds is 2. The summed E-state index contributed by atoms with van der Waals surface area (Å²) >= 11 is 0. The van der Waals surface area contributed by atoms with Gasteiger partial charge >= 0.3 is 5.91 Å². The van der Waals surface area contributed by atoms with Crippen LogP contribution in [0.1, 0.15) is 15.9 Å². The van der Waals surface area contributed by atoms with Gasteiger partial charge in [-0.25, -0.2) is 0 Å². The van der Waals surface area contributed by atoms with Crippen molar-refractivity contribution in [2.75, 3.05) is 0 Å². The molecular formula is C9H7NO4. The maximum absolute atomic E-state index is 10.8. The third-order valence-electron chi connectivity index (χ3n) is 1.58. The fourth-order valence-electron chi connectivity index (χ4n) is 0.954. The van der Waals surface area contributed by atoms with Gasteiger partial charge in [-0.2, -0.15) is 0 Å². The van der Waals surface area contributed by atoms with Crippen LogP contribution < -0.4 is 0 Å². The summed E-state index contributed by atoms with van der Waals surface area (Å²) in [5.41, 5.74) is 0.0715. The minimum atomic E-state index is -1.01. The van der Waals surface area contributed by atoms with Crippen LogP contribution in [0.3, 0.4) is 0 Å². The highest BCUT2D eigenvalue weighted by molar-refractivity contribution is 5.95. The standard InChI is InChI=1S/C9H7NO4/c1-5(11)6-2-7(9(13)10-14)4-8(12)3-6/h2-4,11-12H,1H2. The summed E-state index contributed by atoms with van der Waals surface area (Å²) in [7, 11) is 0. The summed E-state index contributed by atoms with van der Waals surface area (Å²) in [5.74, 6) is -1.56. The second kappa shape index (κ2) is 3.69. The molecule has 0 fully saturated rings. The van der Waals surface area contributed by atoms with E-state index in [1.807, 2.05) is 0 Å². The monoisotopic (exact) mass is 193 g/mol. The zero-order valence-corrected chi connectivity index (χ0v) is 7.10. The summed E-state index contributed by atoms with van der Waals surface area (Å²) in [6, 6.07) is 3.51. The topological polar surface area (TPSA) is 87.0 Å². The maximum Gasteiger partial charge on any atom is 0.316 e. The van der Waals surface area contributed by atoms with Gasteiger partial charge in [0.05, 0.1) is 0 Å². The molecule has 0 radical (unpaired) electrons. The Morgan fingerprint density at radius 2 is 1.86 bits per heavy atom. The van der Waals surface area contributed by atoms with Gasteiger partial charge in [0.15, 0.2) is 0 Å². The highest BCUT2D eigenvalue weighted by atomic mass is 16.3. The normalized spacial score (nSPS) is 9.43. The van der Waals surface area contributed by atoms with Gasteiger partial charge in [-0.1, -0.05) is 6.58 Å². The number of phenols is 1. The molecule has 0 atom stereocenters. The van der Waals surface area contributed by atoms with Crippen molar-refractivity contribution in [3.63, 3.8) is 0 Å². The Bertz CT molecular complexity index is 411. The van der Waals surface area contributed by atoms with Crippen molar-refractivity contribution in [3.8, 4) is 5.75 Å². The summed E-state index contributed by atoms with van der Waals surface area (Å²) in [4.78, 5) is 20.8.